The van der Waals surface area contributed by atoms with E-state index in [4.69, 9.17) is 4.74 Å². The molecule has 3 atom stereocenters. The van der Waals surface area contributed by atoms with Crippen molar-refractivity contribution in [3.05, 3.63) is 35.9 Å². The highest BCUT2D eigenvalue weighted by molar-refractivity contribution is 5.84. The minimum Gasteiger partial charge on any atom is -0.376 e. The van der Waals surface area contributed by atoms with Crippen molar-refractivity contribution in [1.29, 1.82) is 0 Å². The van der Waals surface area contributed by atoms with Gasteiger partial charge < -0.3 is 9.64 Å². The zero-order valence-corrected chi connectivity index (χ0v) is 12.6. The van der Waals surface area contributed by atoms with E-state index >= 15 is 0 Å². The lowest BCUT2D eigenvalue weighted by Crippen LogP contribution is -2.42. The molecule has 4 nitrogen and oxygen atoms in total. The van der Waals surface area contributed by atoms with Crippen LogP contribution in [0.1, 0.15) is 31.7 Å². The van der Waals surface area contributed by atoms with E-state index in [-0.39, 0.29) is 24.2 Å². The molecule has 2 heterocycles. The van der Waals surface area contributed by atoms with Crippen LogP contribution in [0, 0.1) is 0 Å². The summed E-state index contributed by atoms with van der Waals surface area (Å²) in [5.74, 6) is 0.209. The van der Waals surface area contributed by atoms with Gasteiger partial charge in [-0.2, -0.15) is 0 Å². The lowest BCUT2D eigenvalue weighted by molar-refractivity contribution is -0.132. The van der Waals surface area contributed by atoms with E-state index in [1.54, 1.807) is 0 Å². The number of carbonyl (C=O) groups is 1. The highest BCUT2D eigenvalue weighted by Crippen LogP contribution is 2.19. The Hall–Kier alpha value is -1.39. The summed E-state index contributed by atoms with van der Waals surface area (Å²) in [6.45, 7) is 3.62. The predicted molar refractivity (Wildman–Crippen MR) is 81.8 cm³/mol. The van der Waals surface area contributed by atoms with Crippen LogP contribution in [0.4, 0.5) is 0 Å². The van der Waals surface area contributed by atoms with Crippen LogP contribution in [0.5, 0.6) is 0 Å². The molecule has 0 bridgehead atoms. The molecule has 3 unspecified atom stereocenters. The number of carbonyl (C=O) groups excluding carboxylic acids is 1. The largest absolute Gasteiger partial charge is 0.376 e. The molecule has 2 fully saturated rings. The molecular weight excluding hydrogens is 264 g/mol. The van der Waals surface area contributed by atoms with Gasteiger partial charge in [-0.3, -0.25) is 10.1 Å². The van der Waals surface area contributed by atoms with Crippen LogP contribution in [0.2, 0.25) is 0 Å². The average molecular weight is 288 g/mol. The summed E-state index contributed by atoms with van der Waals surface area (Å²) in [4.78, 5) is 14.5. The molecular formula is C17H24N2O2. The van der Waals surface area contributed by atoms with Crippen molar-refractivity contribution in [1.82, 2.24) is 10.2 Å². The van der Waals surface area contributed by atoms with Crippen molar-refractivity contribution in [2.45, 2.75) is 50.9 Å². The molecule has 21 heavy (non-hydrogen) atoms. The molecule has 4 heteroatoms. The molecule has 2 aliphatic heterocycles. The monoisotopic (exact) mass is 288 g/mol. The maximum atomic E-state index is 12.6. The van der Waals surface area contributed by atoms with Gasteiger partial charge >= 0.3 is 0 Å². The van der Waals surface area contributed by atoms with Gasteiger partial charge in [-0.15, -0.1) is 0 Å². The summed E-state index contributed by atoms with van der Waals surface area (Å²) in [7, 11) is 0. The van der Waals surface area contributed by atoms with Gasteiger partial charge in [0, 0.05) is 13.2 Å². The third kappa shape index (κ3) is 3.44. The fourth-order valence-electron chi connectivity index (χ4n) is 3.26. The molecule has 1 aromatic carbocycles. The Bertz CT molecular complexity index is 471. The second kappa shape index (κ2) is 6.58. The highest BCUT2D eigenvalue weighted by atomic mass is 16.5. The quantitative estimate of drug-likeness (QED) is 0.920. The van der Waals surface area contributed by atoms with Gasteiger partial charge in [-0.1, -0.05) is 30.3 Å². The molecule has 114 valence electrons. The van der Waals surface area contributed by atoms with E-state index in [9.17, 15) is 4.79 Å². The molecule has 0 spiro atoms. The van der Waals surface area contributed by atoms with Crippen LogP contribution in [-0.2, 0) is 16.0 Å². The second-order valence-corrected chi connectivity index (χ2v) is 6.06. The van der Waals surface area contributed by atoms with Gasteiger partial charge in [0.15, 0.2) is 0 Å². The first-order chi connectivity index (χ1) is 10.2. The Morgan fingerprint density at radius 1 is 1.29 bits per heavy atom. The van der Waals surface area contributed by atoms with Crippen molar-refractivity contribution in [2.24, 2.45) is 0 Å². The Kier molecular flexibility index (Phi) is 4.56. The first-order valence-corrected chi connectivity index (χ1v) is 7.96. The minimum atomic E-state index is -0.106. The molecule has 1 N–H and O–H groups in total. The number of benzene rings is 1. The van der Waals surface area contributed by atoms with Crippen LogP contribution in [0.15, 0.2) is 30.3 Å². The van der Waals surface area contributed by atoms with Crippen LogP contribution >= 0.6 is 0 Å². The van der Waals surface area contributed by atoms with Gasteiger partial charge in [0.2, 0.25) is 5.91 Å². The Balaban J connectivity index is 1.60. The number of amides is 1. The standard InChI is InChI=1S/C17H24N2O2/c1-13-18-16(11-14-7-3-2-4-8-14)17(20)19(13)12-15-9-5-6-10-21-15/h2-4,7-8,13,15-16,18H,5-6,9-12H2,1H3. The lowest BCUT2D eigenvalue weighted by atomic mass is 10.1. The predicted octanol–water partition coefficient (Wildman–Crippen LogP) is 1.94. The SMILES string of the molecule is CC1NC(Cc2ccccc2)C(=O)N1CC1CCCCO1. The summed E-state index contributed by atoms with van der Waals surface area (Å²) in [5, 5.41) is 3.41. The van der Waals surface area contributed by atoms with Crippen LogP contribution in [0.3, 0.4) is 0 Å². The third-order valence-electron chi connectivity index (χ3n) is 4.45. The molecule has 0 aromatic heterocycles. The number of nitrogens with one attached hydrogen (secondary N) is 1. The molecule has 0 radical (unpaired) electrons. The van der Waals surface area contributed by atoms with Crippen molar-refractivity contribution >= 4 is 5.91 Å². The number of hydrogen-bond donors (Lipinski definition) is 1. The fraction of sp³-hybridized carbons (Fsp3) is 0.588. The first-order valence-electron chi connectivity index (χ1n) is 7.96. The topological polar surface area (TPSA) is 41.6 Å². The second-order valence-electron chi connectivity index (χ2n) is 6.06. The normalized spacial score (nSPS) is 29.9. The summed E-state index contributed by atoms with van der Waals surface area (Å²) in [6.07, 6.45) is 4.49. The molecule has 1 amide bonds. The van der Waals surface area contributed by atoms with Crippen LogP contribution < -0.4 is 5.32 Å². The Morgan fingerprint density at radius 2 is 2.10 bits per heavy atom. The van der Waals surface area contributed by atoms with E-state index in [2.05, 4.69) is 24.4 Å². The van der Waals surface area contributed by atoms with Gasteiger partial charge in [0.05, 0.1) is 18.3 Å². The number of ether oxygens (including phenoxy) is 1. The van der Waals surface area contributed by atoms with Crippen molar-refractivity contribution in [3.63, 3.8) is 0 Å². The zero-order chi connectivity index (χ0) is 14.7. The molecule has 0 saturated carbocycles. The van der Waals surface area contributed by atoms with Gasteiger partial charge in [-0.05, 0) is 38.2 Å². The number of nitrogens with zero attached hydrogens (tertiary/aromatic N) is 1. The lowest BCUT2D eigenvalue weighted by Gasteiger charge is -2.29. The summed E-state index contributed by atoms with van der Waals surface area (Å²) in [5.41, 5.74) is 1.20. The zero-order valence-electron chi connectivity index (χ0n) is 12.6. The maximum absolute atomic E-state index is 12.6. The van der Waals surface area contributed by atoms with Crippen LogP contribution in [0.25, 0.3) is 0 Å². The average Bonchev–Trinajstić information content (AvgIpc) is 2.77. The van der Waals surface area contributed by atoms with Gasteiger partial charge in [-0.25, -0.2) is 0 Å². The van der Waals surface area contributed by atoms with E-state index in [0.717, 1.165) is 32.4 Å². The molecule has 1 aromatic rings. The maximum Gasteiger partial charge on any atom is 0.241 e. The van der Waals surface area contributed by atoms with E-state index in [1.807, 2.05) is 23.1 Å². The minimum absolute atomic E-state index is 0.0942. The Labute approximate surface area is 126 Å². The van der Waals surface area contributed by atoms with E-state index < -0.39 is 0 Å². The number of hydrogen-bond acceptors (Lipinski definition) is 3. The highest BCUT2D eigenvalue weighted by Gasteiger charge is 2.37. The Morgan fingerprint density at radius 3 is 2.81 bits per heavy atom. The first kappa shape index (κ1) is 14.5. The molecule has 2 aliphatic rings. The van der Waals surface area contributed by atoms with Gasteiger partial charge in [0.1, 0.15) is 0 Å². The van der Waals surface area contributed by atoms with Crippen molar-refractivity contribution in [2.75, 3.05) is 13.2 Å². The molecule has 3 rings (SSSR count). The van der Waals surface area contributed by atoms with E-state index in [1.165, 1.54) is 12.0 Å². The van der Waals surface area contributed by atoms with Gasteiger partial charge in [0.25, 0.3) is 0 Å². The smallest absolute Gasteiger partial charge is 0.241 e. The molecule has 0 aliphatic carbocycles. The fourth-order valence-corrected chi connectivity index (χ4v) is 3.26. The van der Waals surface area contributed by atoms with Crippen LogP contribution in [-0.4, -0.2) is 42.3 Å². The van der Waals surface area contributed by atoms with Crippen molar-refractivity contribution < 1.29 is 9.53 Å². The summed E-state index contributed by atoms with van der Waals surface area (Å²) in [6, 6.07) is 10.1. The van der Waals surface area contributed by atoms with Crippen molar-refractivity contribution in [3.8, 4) is 0 Å². The van der Waals surface area contributed by atoms with E-state index in [0.29, 0.717) is 0 Å². The summed E-state index contributed by atoms with van der Waals surface area (Å²) >= 11 is 0. The summed E-state index contributed by atoms with van der Waals surface area (Å²) < 4.78 is 5.77. The third-order valence-corrected chi connectivity index (χ3v) is 4.45. The molecule has 2 saturated heterocycles. The number of rotatable bonds is 4.